The first kappa shape index (κ1) is 17.7. The number of hydrogen-bond acceptors (Lipinski definition) is 4. The van der Waals surface area contributed by atoms with Gasteiger partial charge in [-0.05, 0) is 26.9 Å². The van der Waals surface area contributed by atoms with Crippen LogP contribution in [0, 0.1) is 0 Å². The van der Waals surface area contributed by atoms with Gasteiger partial charge in [0.2, 0.25) is 0 Å². The van der Waals surface area contributed by atoms with Crippen LogP contribution in [0.2, 0.25) is 0 Å². The van der Waals surface area contributed by atoms with Crippen LogP contribution < -0.4 is 5.32 Å². The van der Waals surface area contributed by atoms with Crippen molar-refractivity contribution in [2.24, 2.45) is 0 Å². The van der Waals surface area contributed by atoms with Crippen LogP contribution in [0.4, 0.5) is 4.79 Å². The van der Waals surface area contributed by atoms with E-state index in [2.05, 4.69) is 5.32 Å². The Morgan fingerprint density at radius 1 is 1.29 bits per heavy atom. The predicted octanol–water partition coefficient (Wildman–Crippen LogP) is 0.603. The average Bonchev–Trinajstić information content (AvgIpc) is 2.67. The van der Waals surface area contributed by atoms with E-state index < -0.39 is 12.0 Å². The summed E-state index contributed by atoms with van der Waals surface area (Å²) >= 11 is 0. The molecular formula is C14H27N3O4. The molecule has 0 aliphatic carbocycles. The second-order valence-corrected chi connectivity index (χ2v) is 5.54. The molecule has 0 aromatic carbocycles. The van der Waals surface area contributed by atoms with Crippen LogP contribution in [0.1, 0.15) is 25.7 Å². The van der Waals surface area contributed by atoms with Crippen molar-refractivity contribution >= 4 is 12.0 Å². The second kappa shape index (κ2) is 9.57. The van der Waals surface area contributed by atoms with E-state index in [1.807, 2.05) is 19.0 Å². The lowest BCUT2D eigenvalue weighted by atomic mass is 10.1. The van der Waals surface area contributed by atoms with Gasteiger partial charge in [-0.3, -0.25) is 0 Å². The quantitative estimate of drug-likeness (QED) is 0.673. The molecule has 0 saturated carbocycles. The summed E-state index contributed by atoms with van der Waals surface area (Å²) in [5, 5.41) is 12.0. The van der Waals surface area contributed by atoms with E-state index in [0.29, 0.717) is 32.7 Å². The highest BCUT2D eigenvalue weighted by molar-refractivity contribution is 5.82. The minimum absolute atomic E-state index is 0.305. The number of nitrogens with one attached hydrogen (secondary N) is 1. The van der Waals surface area contributed by atoms with Crippen molar-refractivity contribution in [1.29, 1.82) is 0 Å². The molecule has 0 aromatic heterocycles. The zero-order chi connectivity index (χ0) is 15.7. The van der Waals surface area contributed by atoms with E-state index in [1.54, 1.807) is 0 Å². The Hall–Kier alpha value is -1.34. The first-order valence-electron chi connectivity index (χ1n) is 7.52. The number of aliphatic carboxylic acids is 1. The lowest BCUT2D eigenvalue weighted by Gasteiger charge is -2.27. The molecule has 1 heterocycles. The van der Waals surface area contributed by atoms with Crippen molar-refractivity contribution in [2.75, 3.05) is 46.9 Å². The molecule has 7 nitrogen and oxygen atoms in total. The van der Waals surface area contributed by atoms with E-state index in [9.17, 15) is 14.7 Å². The van der Waals surface area contributed by atoms with Crippen molar-refractivity contribution in [2.45, 2.75) is 31.7 Å². The van der Waals surface area contributed by atoms with E-state index in [1.165, 1.54) is 4.90 Å². The van der Waals surface area contributed by atoms with Crippen LogP contribution in [0.15, 0.2) is 0 Å². The number of carboxylic acids is 1. The molecule has 0 aromatic rings. The van der Waals surface area contributed by atoms with E-state index in [-0.39, 0.29) is 6.03 Å². The molecule has 2 amide bonds. The Morgan fingerprint density at radius 2 is 2.05 bits per heavy atom. The molecule has 0 bridgehead atoms. The zero-order valence-corrected chi connectivity index (χ0v) is 13.0. The summed E-state index contributed by atoms with van der Waals surface area (Å²) in [6.07, 6.45) is 3.22. The number of likely N-dealkylation sites (tertiary alicyclic amines) is 1. The number of carbonyl (C=O) groups is 2. The number of hydrogen-bond donors (Lipinski definition) is 2. The van der Waals surface area contributed by atoms with Gasteiger partial charge in [-0.1, -0.05) is 12.8 Å². The summed E-state index contributed by atoms with van der Waals surface area (Å²) in [5.74, 6) is -0.922. The van der Waals surface area contributed by atoms with Crippen molar-refractivity contribution in [1.82, 2.24) is 15.1 Å². The molecule has 122 valence electrons. The van der Waals surface area contributed by atoms with Crippen LogP contribution in [0.3, 0.4) is 0 Å². The fourth-order valence-electron chi connectivity index (χ4n) is 2.29. The summed E-state index contributed by atoms with van der Waals surface area (Å²) in [6, 6.07) is -1.01. The number of rotatable bonds is 7. The van der Waals surface area contributed by atoms with Crippen LogP contribution in [-0.2, 0) is 9.53 Å². The molecule has 1 fully saturated rings. The first-order valence-corrected chi connectivity index (χ1v) is 7.52. The Labute approximate surface area is 126 Å². The molecule has 1 aliphatic heterocycles. The van der Waals surface area contributed by atoms with Gasteiger partial charge in [0.1, 0.15) is 6.04 Å². The first-order chi connectivity index (χ1) is 10.0. The third kappa shape index (κ3) is 6.77. The van der Waals surface area contributed by atoms with Crippen LogP contribution in [-0.4, -0.2) is 79.9 Å². The molecule has 2 N–H and O–H groups in total. The van der Waals surface area contributed by atoms with Gasteiger partial charge in [-0.25, -0.2) is 9.59 Å². The molecular weight excluding hydrogens is 274 g/mol. The maximum Gasteiger partial charge on any atom is 0.326 e. The number of ether oxygens (including phenoxy) is 1. The van der Waals surface area contributed by atoms with Gasteiger partial charge in [0.15, 0.2) is 0 Å². The highest BCUT2D eigenvalue weighted by atomic mass is 16.5. The van der Waals surface area contributed by atoms with Gasteiger partial charge < -0.3 is 25.0 Å². The summed E-state index contributed by atoms with van der Waals surface area (Å²) < 4.78 is 5.39. The summed E-state index contributed by atoms with van der Waals surface area (Å²) in [5.41, 5.74) is 0. The van der Waals surface area contributed by atoms with Gasteiger partial charge in [-0.2, -0.15) is 0 Å². The minimum Gasteiger partial charge on any atom is -0.480 e. The average molecular weight is 301 g/mol. The molecule has 1 rings (SSSR count). The van der Waals surface area contributed by atoms with Gasteiger partial charge >= 0.3 is 12.0 Å². The summed E-state index contributed by atoms with van der Waals surface area (Å²) in [4.78, 5) is 26.8. The Morgan fingerprint density at radius 3 is 2.71 bits per heavy atom. The molecule has 0 radical (unpaired) electrons. The number of amides is 2. The summed E-state index contributed by atoms with van der Waals surface area (Å²) in [7, 11) is 3.94. The minimum atomic E-state index is -0.922. The smallest absolute Gasteiger partial charge is 0.326 e. The molecule has 1 atom stereocenters. The van der Waals surface area contributed by atoms with Crippen LogP contribution >= 0.6 is 0 Å². The van der Waals surface area contributed by atoms with Gasteiger partial charge in [0.25, 0.3) is 0 Å². The third-order valence-electron chi connectivity index (χ3n) is 3.50. The maximum atomic E-state index is 12.1. The molecule has 0 spiro atoms. The van der Waals surface area contributed by atoms with Crippen LogP contribution in [0.5, 0.6) is 0 Å². The number of carboxylic acid groups (broad SMARTS) is 1. The lowest BCUT2D eigenvalue weighted by molar-refractivity contribution is -0.142. The monoisotopic (exact) mass is 301 g/mol. The lowest BCUT2D eigenvalue weighted by Crippen LogP contribution is -2.49. The second-order valence-electron chi connectivity index (χ2n) is 5.54. The number of nitrogens with zero attached hydrogens (tertiary/aromatic N) is 2. The fourth-order valence-corrected chi connectivity index (χ4v) is 2.29. The van der Waals surface area contributed by atoms with Crippen molar-refractivity contribution in [3.63, 3.8) is 0 Å². The van der Waals surface area contributed by atoms with Gasteiger partial charge in [0, 0.05) is 19.6 Å². The van der Waals surface area contributed by atoms with E-state index in [0.717, 1.165) is 25.8 Å². The number of urea groups is 1. The predicted molar refractivity (Wildman–Crippen MR) is 79.4 cm³/mol. The molecule has 7 heteroatoms. The molecule has 21 heavy (non-hydrogen) atoms. The molecule has 1 saturated heterocycles. The maximum absolute atomic E-state index is 12.1. The van der Waals surface area contributed by atoms with Crippen molar-refractivity contribution < 1.29 is 19.4 Å². The van der Waals surface area contributed by atoms with Crippen LogP contribution in [0.25, 0.3) is 0 Å². The van der Waals surface area contributed by atoms with E-state index in [4.69, 9.17) is 4.74 Å². The number of carbonyl (C=O) groups excluding carboxylic acids is 1. The largest absolute Gasteiger partial charge is 0.480 e. The Kier molecular flexibility index (Phi) is 8.07. The summed E-state index contributed by atoms with van der Waals surface area (Å²) in [6.45, 7) is 2.79. The van der Waals surface area contributed by atoms with Crippen molar-refractivity contribution in [3.05, 3.63) is 0 Å². The Bertz CT molecular complexity index is 336. The topological polar surface area (TPSA) is 82.1 Å². The van der Waals surface area contributed by atoms with E-state index >= 15 is 0 Å². The normalized spacial score (nSPS) is 19.4. The third-order valence-corrected chi connectivity index (χ3v) is 3.50. The zero-order valence-electron chi connectivity index (χ0n) is 13.0. The molecule has 1 unspecified atom stereocenters. The molecule has 1 aliphatic rings. The highest BCUT2D eigenvalue weighted by Crippen LogP contribution is 2.17. The highest BCUT2D eigenvalue weighted by Gasteiger charge is 2.30. The van der Waals surface area contributed by atoms with Crippen molar-refractivity contribution in [3.8, 4) is 0 Å². The fraction of sp³-hybridized carbons (Fsp3) is 0.857. The Balaban J connectivity index is 2.30. The number of likely N-dealkylation sites (N-methyl/N-ethyl adjacent to an activating group) is 1. The SMILES string of the molecule is CN(C)CCOCCNC(=O)N1CCCCCC1C(=O)O. The van der Waals surface area contributed by atoms with Gasteiger partial charge in [-0.15, -0.1) is 0 Å². The standard InChI is InChI=1S/C14H27N3O4/c1-16(2)9-11-21-10-7-15-14(20)17-8-5-3-4-6-12(17)13(18)19/h12H,3-11H2,1-2H3,(H,15,20)(H,18,19). The van der Waals surface area contributed by atoms with Gasteiger partial charge in [0.05, 0.1) is 13.2 Å².